The highest BCUT2D eigenvalue weighted by Gasteiger charge is 2.53. The van der Waals surface area contributed by atoms with E-state index in [0.29, 0.717) is 11.8 Å². The Morgan fingerprint density at radius 2 is 1.80 bits per heavy atom. The summed E-state index contributed by atoms with van der Waals surface area (Å²) in [5.41, 5.74) is 4.13. The highest BCUT2D eigenvalue weighted by atomic mass is 16.2. The van der Waals surface area contributed by atoms with Gasteiger partial charge < -0.3 is 0 Å². The minimum absolute atomic E-state index is 0.255. The van der Waals surface area contributed by atoms with Gasteiger partial charge in [-0.1, -0.05) is 17.1 Å². The van der Waals surface area contributed by atoms with Gasteiger partial charge in [-0.15, -0.1) is 0 Å². The lowest BCUT2D eigenvalue weighted by Crippen LogP contribution is -2.62. The Bertz CT molecular complexity index is 972. The number of likely N-dealkylation sites (N-methyl/N-ethyl adjacent to an activating group) is 2. The van der Waals surface area contributed by atoms with E-state index in [4.69, 9.17) is 0 Å². The number of aryl methyl sites for hydroxylation is 1. The largest absolute Gasteiger partial charge is 0.407 e. The SMILES string of the molecule is Cc1cccc(-n2c(C)c(C)[n+]3c2N=C2C3C(=O)N(C)C(=O)N2C)c1. The molecule has 2 aliphatic rings. The molecular formula is C18H20N5O2+. The van der Waals surface area contributed by atoms with E-state index < -0.39 is 6.04 Å². The van der Waals surface area contributed by atoms with Crippen LogP contribution >= 0.6 is 0 Å². The monoisotopic (exact) mass is 338 g/mol. The van der Waals surface area contributed by atoms with Crippen molar-refractivity contribution in [1.82, 2.24) is 14.4 Å². The predicted octanol–water partition coefficient (Wildman–Crippen LogP) is 1.80. The average molecular weight is 338 g/mol. The van der Waals surface area contributed by atoms with Gasteiger partial charge in [0.2, 0.25) is 11.9 Å². The van der Waals surface area contributed by atoms with Crippen molar-refractivity contribution in [2.75, 3.05) is 14.1 Å². The number of aliphatic imine (C=N–C) groups is 1. The number of nitrogens with zero attached hydrogens (tertiary/aromatic N) is 5. The number of aromatic nitrogens is 2. The predicted molar refractivity (Wildman–Crippen MR) is 92.2 cm³/mol. The zero-order valence-corrected chi connectivity index (χ0v) is 14.9. The summed E-state index contributed by atoms with van der Waals surface area (Å²) < 4.78 is 3.97. The molecule has 0 aliphatic carbocycles. The highest BCUT2D eigenvalue weighted by Crippen LogP contribution is 2.32. The number of fused-ring (bicyclic) bond motifs is 3. The number of hydrogen-bond donors (Lipinski definition) is 0. The first-order valence-corrected chi connectivity index (χ1v) is 8.17. The summed E-state index contributed by atoms with van der Waals surface area (Å²) in [5, 5.41) is 0. The third kappa shape index (κ3) is 1.92. The molecule has 1 unspecified atom stereocenters. The summed E-state index contributed by atoms with van der Waals surface area (Å²) in [7, 11) is 3.17. The molecule has 1 aromatic heterocycles. The maximum atomic E-state index is 12.8. The molecule has 2 aromatic rings. The number of imidazole rings is 1. The molecule has 0 radical (unpaired) electrons. The zero-order chi connectivity index (χ0) is 18.0. The molecule has 25 heavy (non-hydrogen) atoms. The van der Waals surface area contributed by atoms with Crippen molar-refractivity contribution < 1.29 is 14.2 Å². The maximum Gasteiger partial charge on any atom is 0.407 e. The summed E-state index contributed by atoms with van der Waals surface area (Å²) in [5.74, 6) is 0.895. The van der Waals surface area contributed by atoms with Gasteiger partial charge in [0.05, 0.1) is 0 Å². The van der Waals surface area contributed by atoms with Crippen molar-refractivity contribution >= 4 is 23.7 Å². The van der Waals surface area contributed by atoms with Crippen LogP contribution in [0.5, 0.6) is 0 Å². The van der Waals surface area contributed by atoms with Crippen molar-refractivity contribution in [2.45, 2.75) is 26.8 Å². The number of amides is 3. The Labute approximate surface area is 145 Å². The van der Waals surface area contributed by atoms with Crippen LogP contribution < -0.4 is 4.57 Å². The number of imide groups is 1. The third-order valence-electron chi connectivity index (χ3n) is 5.10. The molecule has 0 N–H and O–H groups in total. The molecule has 7 heteroatoms. The van der Waals surface area contributed by atoms with Crippen LogP contribution in [0.25, 0.3) is 5.69 Å². The zero-order valence-electron chi connectivity index (χ0n) is 14.9. The Hall–Kier alpha value is -2.96. The summed E-state index contributed by atoms with van der Waals surface area (Å²) in [4.78, 5) is 32.3. The fraction of sp³-hybridized carbons (Fsp3) is 0.333. The lowest BCUT2D eigenvalue weighted by Gasteiger charge is -2.30. The van der Waals surface area contributed by atoms with Gasteiger partial charge in [-0.3, -0.25) is 14.6 Å². The van der Waals surface area contributed by atoms with Gasteiger partial charge in [0.1, 0.15) is 17.1 Å². The number of carbonyl (C=O) groups excluding carboxylic acids is 2. The van der Waals surface area contributed by atoms with Gasteiger partial charge in [0, 0.05) is 14.1 Å². The van der Waals surface area contributed by atoms with Gasteiger partial charge in [0.25, 0.3) is 5.91 Å². The smallest absolute Gasteiger partial charge is 0.270 e. The lowest BCUT2D eigenvalue weighted by molar-refractivity contribution is -0.682. The topological polar surface area (TPSA) is 61.8 Å². The second-order valence-electron chi connectivity index (χ2n) is 6.63. The average Bonchev–Trinajstić information content (AvgIpc) is 3.07. The van der Waals surface area contributed by atoms with Crippen LogP contribution in [0.1, 0.15) is 23.0 Å². The number of urea groups is 1. The lowest BCUT2D eigenvalue weighted by atomic mass is 10.1. The van der Waals surface area contributed by atoms with Crippen molar-refractivity contribution in [3.8, 4) is 5.69 Å². The summed E-state index contributed by atoms with van der Waals surface area (Å²) >= 11 is 0. The van der Waals surface area contributed by atoms with Crippen molar-refractivity contribution in [3.05, 3.63) is 41.2 Å². The van der Waals surface area contributed by atoms with Gasteiger partial charge in [0.15, 0.2) is 0 Å². The van der Waals surface area contributed by atoms with Gasteiger partial charge >= 0.3 is 12.0 Å². The molecule has 128 valence electrons. The third-order valence-corrected chi connectivity index (χ3v) is 5.10. The molecule has 3 heterocycles. The molecule has 0 saturated carbocycles. The summed E-state index contributed by atoms with van der Waals surface area (Å²) in [6, 6.07) is 7.19. The molecule has 1 aromatic carbocycles. The second-order valence-corrected chi connectivity index (χ2v) is 6.63. The Morgan fingerprint density at radius 1 is 1.08 bits per heavy atom. The van der Waals surface area contributed by atoms with Gasteiger partial charge in [-0.25, -0.2) is 9.36 Å². The molecule has 7 nitrogen and oxygen atoms in total. The van der Waals surface area contributed by atoms with Crippen LogP contribution in [-0.4, -0.2) is 46.2 Å². The molecule has 0 spiro atoms. The van der Waals surface area contributed by atoms with Crippen molar-refractivity contribution in [1.29, 1.82) is 0 Å². The molecule has 2 aliphatic heterocycles. The maximum absolute atomic E-state index is 12.8. The first-order valence-electron chi connectivity index (χ1n) is 8.17. The molecule has 4 rings (SSSR count). The van der Waals surface area contributed by atoms with E-state index in [-0.39, 0.29) is 11.9 Å². The normalized spacial score (nSPS) is 19.2. The second kappa shape index (κ2) is 5.02. The number of rotatable bonds is 1. The molecule has 1 saturated heterocycles. The Kier molecular flexibility index (Phi) is 3.12. The van der Waals surface area contributed by atoms with Crippen molar-refractivity contribution in [2.24, 2.45) is 4.99 Å². The molecule has 1 fully saturated rings. The number of benzene rings is 1. The molecular weight excluding hydrogens is 318 g/mol. The Balaban J connectivity index is 1.98. The number of carbonyl (C=O) groups is 2. The highest BCUT2D eigenvalue weighted by molar-refractivity contribution is 6.18. The van der Waals surface area contributed by atoms with E-state index in [1.54, 1.807) is 7.05 Å². The standard InChI is InChI=1S/C18H20N5O2/c1-10-7-6-8-13(9-10)22-11(2)12(3)23-14-15(19-17(22)23)20(4)18(25)21(5)16(14)24/h6-9,14H,1-5H3/q+1. The summed E-state index contributed by atoms with van der Waals surface area (Å²) in [6.45, 7) is 6.04. The fourth-order valence-corrected chi connectivity index (χ4v) is 3.59. The molecule has 1 atom stereocenters. The van der Waals surface area contributed by atoms with Crippen LogP contribution in [0.15, 0.2) is 29.3 Å². The van der Waals surface area contributed by atoms with E-state index in [2.05, 4.69) is 11.1 Å². The molecule has 0 bridgehead atoms. The van der Waals surface area contributed by atoms with Crippen LogP contribution in [0, 0.1) is 20.8 Å². The molecule has 3 amide bonds. The van der Waals surface area contributed by atoms with E-state index >= 15 is 0 Å². The number of amidine groups is 1. The Morgan fingerprint density at radius 3 is 2.48 bits per heavy atom. The minimum Gasteiger partial charge on any atom is -0.270 e. The van der Waals surface area contributed by atoms with E-state index in [1.165, 1.54) is 11.9 Å². The van der Waals surface area contributed by atoms with Gasteiger partial charge in [-0.2, -0.15) is 4.57 Å². The van der Waals surface area contributed by atoms with Crippen molar-refractivity contribution in [3.63, 3.8) is 0 Å². The van der Waals surface area contributed by atoms with E-state index in [9.17, 15) is 9.59 Å². The first kappa shape index (κ1) is 15.6. The van der Waals surface area contributed by atoms with Crippen LogP contribution in [0.3, 0.4) is 0 Å². The van der Waals surface area contributed by atoms with Gasteiger partial charge in [-0.05, 0) is 38.5 Å². The first-order chi connectivity index (χ1) is 11.8. The van der Waals surface area contributed by atoms with E-state index in [1.807, 2.05) is 48.1 Å². The van der Waals surface area contributed by atoms with Crippen LogP contribution in [0.2, 0.25) is 0 Å². The minimum atomic E-state index is -0.590. The number of hydrogen-bond acceptors (Lipinski definition) is 3. The van der Waals surface area contributed by atoms with E-state index in [0.717, 1.165) is 27.5 Å². The van der Waals surface area contributed by atoms with Crippen LogP contribution in [-0.2, 0) is 4.79 Å². The fourth-order valence-electron chi connectivity index (χ4n) is 3.59. The quantitative estimate of drug-likeness (QED) is 0.745. The van der Waals surface area contributed by atoms with Crippen LogP contribution in [0.4, 0.5) is 10.7 Å². The summed E-state index contributed by atoms with van der Waals surface area (Å²) in [6.07, 6.45) is 0.